The van der Waals surface area contributed by atoms with Crippen LogP contribution in [0, 0.1) is 5.82 Å². The Labute approximate surface area is 186 Å². The van der Waals surface area contributed by atoms with Gasteiger partial charge in [-0.3, -0.25) is 4.79 Å². The fourth-order valence-corrected chi connectivity index (χ4v) is 4.29. The van der Waals surface area contributed by atoms with Crippen molar-refractivity contribution in [2.24, 2.45) is 0 Å². The van der Waals surface area contributed by atoms with Crippen molar-refractivity contribution < 1.29 is 17.6 Å². The first-order chi connectivity index (χ1) is 14.6. The van der Waals surface area contributed by atoms with E-state index in [-0.39, 0.29) is 17.6 Å². The fourth-order valence-electron chi connectivity index (χ4n) is 3.48. The predicted molar refractivity (Wildman–Crippen MR) is 118 cm³/mol. The molecule has 2 aromatic rings. The highest BCUT2D eigenvalue weighted by Crippen LogP contribution is 2.37. The average Bonchev–Trinajstić information content (AvgIpc) is 2.72. The van der Waals surface area contributed by atoms with Gasteiger partial charge in [0.1, 0.15) is 17.3 Å². The van der Waals surface area contributed by atoms with E-state index in [1.54, 1.807) is 13.0 Å². The highest BCUT2D eigenvalue weighted by molar-refractivity contribution is 7.93. The van der Waals surface area contributed by atoms with Crippen molar-refractivity contribution in [3.63, 3.8) is 0 Å². The Bertz CT molecular complexity index is 1080. The maximum atomic E-state index is 13.5. The quantitative estimate of drug-likeness (QED) is 0.698. The second kappa shape index (κ2) is 9.74. The van der Waals surface area contributed by atoms with Gasteiger partial charge in [0.25, 0.3) is 5.91 Å². The normalized spacial score (nSPS) is 18.2. The van der Waals surface area contributed by atoms with Crippen molar-refractivity contribution in [3.8, 4) is 0 Å². The maximum Gasteiger partial charge on any atom is 0.271 e. The molecule has 166 valence electrons. The lowest BCUT2D eigenvalue weighted by Crippen LogP contribution is -2.35. The summed E-state index contributed by atoms with van der Waals surface area (Å²) in [6.07, 6.45) is 8.22. The Morgan fingerprint density at radius 3 is 2.74 bits per heavy atom. The monoisotopic (exact) mass is 466 g/mol. The number of benzene rings is 1. The molecule has 31 heavy (non-hydrogen) atoms. The van der Waals surface area contributed by atoms with Crippen LogP contribution in [0.4, 0.5) is 10.2 Å². The molecule has 0 bridgehead atoms. The van der Waals surface area contributed by atoms with Gasteiger partial charge in [-0.25, -0.2) is 22.8 Å². The summed E-state index contributed by atoms with van der Waals surface area (Å²) in [5.74, 6) is -0.236. The molecule has 0 radical (unpaired) electrons. The lowest BCUT2D eigenvalue weighted by molar-refractivity contribution is 0.0941. The van der Waals surface area contributed by atoms with E-state index in [2.05, 4.69) is 20.2 Å². The highest BCUT2D eigenvalue weighted by atomic mass is 35.5. The molecule has 3 rings (SSSR count). The molecule has 10 heteroatoms. The summed E-state index contributed by atoms with van der Waals surface area (Å²) in [6.45, 7) is 2.40. The van der Waals surface area contributed by atoms with E-state index >= 15 is 0 Å². The number of amides is 1. The molecule has 1 N–H and O–H groups in total. The summed E-state index contributed by atoms with van der Waals surface area (Å²) in [6, 6.07) is 3.85. The summed E-state index contributed by atoms with van der Waals surface area (Å²) in [7, 11) is -3.27. The molecule has 7 nitrogen and oxygen atoms in total. The van der Waals surface area contributed by atoms with Crippen molar-refractivity contribution >= 4 is 33.2 Å². The minimum atomic E-state index is -3.27. The Kier molecular flexibility index (Phi) is 7.27. The second-order valence-electron chi connectivity index (χ2n) is 7.55. The van der Waals surface area contributed by atoms with Gasteiger partial charge in [-0.1, -0.05) is 23.7 Å². The van der Waals surface area contributed by atoms with E-state index in [1.165, 1.54) is 30.6 Å². The molecule has 1 amide bonds. The number of hydrogen-bond donors (Lipinski definition) is 1. The third kappa shape index (κ3) is 6.24. The molecule has 0 spiro atoms. The first-order valence-electron chi connectivity index (χ1n) is 9.87. The minimum Gasteiger partial charge on any atom is -0.348 e. The number of carbonyl (C=O) groups excluding carboxylic acids is 1. The van der Waals surface area contributed by atoms with E-state index in [0.717, 1.165) is 43.0 Å². The number of halogens is 2. The number of nitrogens with one attached hydrogen (secondary N) is 1. The van der Waals surface area contributed by atoms with Crippen molar-refractivity contribution in [2.45, 2.75) is 38.3 Å². The van der Waals surface area contributed by atoms with Crippen LogP contribution in [-0.4, -0.2) is 43.1 Å². The summed E-state index contributed by atoms with van der Waals surface area (Å²) < 4.78 is 35.8. The maximum absolute atomic E-state index is 13.5. The van der Waals surface area contributed by atoms with Crippen molar-refractivity contribution in [3.05, 3.63) is 64.2 Å². The lowest BCUT2D eigenvalue weighted by atomic mass is 9.95. The standard InChI is InChI=1S/C21H24ClFN4O3S/c1-14(8-10-31(2,29)30)26-21(28)18-12-25-20(13-24-18)27-9-4-3-5-19(27)16-7-6-15(23)11-17(16)22/h6-8,10-14,19H,3-5,9H2,1-2H3,(H,26,28)/b10-8+/t14-,19?/m1/s1. The van der Waals surface area contributed by atoms with Gasteiger partial charge in [-0.2, -0.15) is 0 Å². The first kappa shape index (κ1) is 23.1. The van der Waals surface area contributed by atoms with Gasteiger partial charge in [0.15, 0.2) is 9.84 Å². The van der Waals surface area contributed by atoms with Crippen LogP contribution in [0.2, 0.25) is 5.02 Å². The summed E-state index contributed by atoms with van der Waals surface area (Å²) in [5, 5.41) is 4.07. The summed E-state index contributed by atoms with van der Waals surface area (Å²) in [4.78, 5) is 23.1. The Morgan fingerprint density at radius 1 is 1.32 bits per heavy atom. The number of piperidine rings is 1. The molecule has 0 aliphatic carbocycles. The van der Waals surface area contributed by atoms with Crippen LogP contribution in [0.25, 0.3) is 0 Å². The smallest absolute Gasteiger partial charge is 0.271 e. The van der Waals surface area contributed by atoms with Crippen LogP contribution in [0.15, 0.2) is 42.1 Å². The van der Waals surface area contributed by atoms with Gasteiger partial charge >= 0.3 is 0 Å². The molecule has 1 fully saturated rings. The van der Waals surface area contributed by atoms with E-state index in [0.29, 0.717) is 10.8 Å². The van der Waals surface area contributed by atoms with Gasteiger partial charge in [0.05, 0.1) is 18.4 Å². The van der Waals surface area contributed by atoms with E-state index in [1.807, 2.05) is 0 Å². The van der Waals surface area contributed by atoms with Gasteiger partial charge in [-0.05, 0) is 43.9 Å². The fraction of sp³-hybridized carbons (Fsp3) is 0.381. The van der Waals surface area contributed by atoms with Gasteiger partial charge in [-0.15, -0.1) is 0 Å². The molecule has 1 aliphatic rings. The Morgan fingerprint density at radius 2 is 2.10 bits per heavy atom. The van der Waals surface area contributed by atoms with E-state index in [4.69, 9.17) is 11.6 Å². The average molecular weight is 467 g/mol. The van der Waals surface area contributed by atoms with Gasteiger partial charge in [0.2, 0.25) is 0 Å². The van der Waals surface area contributed by atoms with Crippen LogP contribution in [0.5, 0.6) is 0 Å². The SMILES string of the molecule is C[C@H](/C=C/S(C)(=O)=O)NC(=O)c1cnc(N2CCCCC2c2ccc(F)cc2Cl)cn1. The predicted octanol–water partition coefficient (Wildman–Crippen LogP) is 3.68. The third-order valence-electron chi connectivity index (χ3n) is 4.96. The highest BCUT2D eigenvalue weighted by Gasteiger charge is 2.27. The molecule has 1 aromatic heterocycles. The largest absolute Gasteiger partial charge is 0.348 e. The Balaban J connectivity index is 1.74. The summed E-state index contributed by atoms with van der Waals surface area (Å²) in [5.41, 5.74) is 0.953. The van der Waals surface area contributed by atoms with Crippen LogP contribution in [-0.2, 0) is 9.84 Å². The van der Waals surface area contributed by atoms with Crippen molar-refractivity contribution in [1.82, 2.24) is 15.3 Å². The number of carbonyl (C=O) groups is 1. The van der Waals surface area contributed by atoms with Crippen molar-refractivity contribution in [2.75, 3.05) is 17.7 Å². The zero-order valence-corrected chi connectivity index (χ0v) is 18.8. The van der Waals surface area contributed by atoms with Crippen LogP contribution in [0.3, 0.4) is 0 Å². The molecule has 1 aliphatic heterocycles. The molecule has 1 unspecified atom stereocenters. The van der Waals surface area contributed by atoms with E-state index in [9.17, 15) is 17.6 Å². The minimum absolute atomic E-state index is 0.0584. The summed E-state index contributed by atoms with van der Waals surface area (Å²) >= 11 is 6.29. The number of rotatable bonds is 6. The van der Waals surface area contributed by atoms with E-state index < -0.39 is 21.8 Å². The third-order valence-corrected chi connectivity index (χ3v) is 5.94. The molecular formula is C21H24ClFN4O3S. The topological polar surface area (TPSA) is 92.3 Å². The van der Waals surface area contributed by atoms with Crippen LogP contribution in [0.1, 0.15) is 48.3 Å². The number of sulfone groups is 1. The van der Waals surface area contributed by atoms with Crippen molar-refractivity contribution in [1.29, 1.82) is 0 Å². The molecular weight excluding hydrogens is 443 g/mol. The zero-order chi connectivity index (χ0) is 22.6. The molecule has 1 aromatic carbocycles. The number of anilines is 1. The second-order valence-corrected chi connectivity index (χ2v) is 9.89. The molecule has 2 heterocycles. The lowest BCUT2D eigenvalue weighted by Gasteiger charge is -2.37. The van der Waals surface area contributed by atoms with Crippen LogP contribution >= 0.6 is 11.6 Å². The molecule has 2 atom stereocenters. The Hall–Kier alpha value is -2.52. The van der Waals surface area contributed by atoms with Crippen LogP contribution < -0.4 is 10.2 Å². The first-order valence-corrected chi connectivity index (χ1v) is 12.2. The molecule has 1 saturated heterocycles. The zero-order valence-electron chi connectivity index (χ0n) is 17.3. The van der Waals surface area contributed by atoms with Gasteiger partial charge < -0.3 is 10.2 Å². The number of nitrogens with zero attached hydrogens (tertiary/aromatic N) is 3. The molecule has 0 saturated carbocycles. The van der Waals surface area contributed by atoms with Gasteiger partial charge in [0, 0.05) is 29.3 Å². The number of aromatic nitrogens is 2. The number of hydrogen-bond acceptors (Lipinski definition) is 6.